The number of carbonyl (C=O) groups excluding carboxylic acids is 3. The number of halogens is 2. The minimum Gasteiger partial charge on any atom is -0.780 e. The molecule has 2 fully saturated rings. The van der Waals surface area contributed by atoms with Crippen LogP contribution in [0.2, 0.25) is 0 Å². The number of phosphoric acid groups is 1. The van der Waals surface area contributed by atoms with E-state index in [2.05, 4.69) is 16.4 Å². The van der Waals surface area contributed by atoms with Gasteiger partial charge in [-0.2, -0.15) is 0 Å². The molecule has 17 heteroatoms. The minimum absolute atomic E-state index is 0. The first-order valence-electron chi connectivity index (χ1n) is 14.2. The molecule has 0 aliphatic carbocycles. The molecule has 12 nitrogen and oxygen atoms in total. The van der Waals surface area contributed by atoms with Gasteiger partial charge in [0.05, 0.1) is 13.1 Å². The van der Waals surface area contributed by atoms with E-state index in [0.717, 1.165) is 11.6 Å². The molecule has 4 amide bonds. The van der Waals surface area contributed by atoms with Crippen LogP contribution in [0.4, 0.5) is 13.6 Å². The van der Waals surface area contributed by atoms with Crippen molar-refractivity contribution in [1.82, 2.24) is 25.1 Å². The maximum absolute atomic E-state index is 14.7. The molecule has 0 spiro atoms. The average molecular weight is 700 g/mol. The quantitative estimate of drug-likeness (QED) is 0.128. The number of phosphoric ester groups is 1. The molecule has 5 rings (SSSR count). The van der Waals surface area contributed by atoms with E-state index in [0.29, 0.717) is 11.6 Å². The maximum atomic E-state index is 14.7. The number of piperazine rings is 1. The zero-order valence-electron chi connectivity index (χ0n) is 26.5. The number of carbonyl (C=O) groups is 3. The fraction of sp³-hybridized carbons (Fsp3) is 0.258. The van der Waals surface area contributed by atoms with Crippen molar-refractivity contribution >= 4 is 25.7 Å². The van der Waals surface area contributed by atoms with Crippen LogP contribution in [0.25, 0.3) is 0 Å². The van der Waals surface area contributed by atoms with Crippen LogP contribution >= 0.6 is 7.82 Å². The van der Waals surface area contributed by atoms with Gasteiger partial charge in [-0.05, 0) is 29.3 Å². The number of nitrogens with one attached hydrogen (secondary N) is 1. The van der Waals surface area contributed by atoms with Crippen LogP contribution in [0.1, 0.15) is 16.7 Å². The molecule has 0 saturated carbocycles. The van der Waals surface area contributed by atoms with Crippen molar-refractivity contribution in [3.8, 4) is 5.75 Å². The summed E-state index contributed by atoms with van der Waals surface area (Å²) in [6.07, 6.45) is 0.443. The second-order valence-electron chi connectivity index (χ2n) is 10.8. The summed E-state index contributed by atoms with van der Waals surface area (Å²) in [6, 6.07) is 15.8. The molecule has 2 heterocycles. The number of fused-ring (bicyclic) bond motifs is 1. The van der Waals surface area contributed by atoms with Gasteiger partial charge in [-0.25, -0.2) is 23.6 Å². The van der Waals surface area contributed by atoms with Crippen LogP contribution in [0, 0.1) is 11.6 Å². The van der Waals surface area contributed by atoms with Gasteiger partial charge in [-0.15, -0.1) is 6.58 Å². The van der Waals surface area contributed by atoms with Crippen LogP contribution in [-0.2, 0) is 33.7 Å². The predicted molar refractivity (Wildman–Crippen MR) is 157 cm³/mol. The van der Waals surface area contributed by atoms with Crippen molar-refractivity contribution < 1.29 is 101 Å². The van der Waals surface area contributed by atoms with Crippen LogP contribution < -0.4 is 78.7 Å². The molecule has 2 aliphatic heterocycles. The molecule has 242 valence electrons. The van der Waals surface area contributed by atoms with Gasteiger partial charge in [0.1, 0.15) is 37.4 Å². The average Bonchev–Trinajstić information content (AvgIpc) is 3.00. The Morgan fingerprint density at radius 2 is 1.71 bits per heavy atom. The van der Waals surface area contributed by atoms with E-state index >= 15 is 0 Å². The number of hydrogen-bond acceptors (Lipinski definition) is 8. The molecule has 0 radical (unpaired) electrons. The molecule has 0 unspecified atom stereocenters. The summed E-state index contributed by atoms with van der Waals surface area (Å²) >= 11 is 0. The number of urea groups is 1. The first-order chi connectivity index (χ1) is 21.9. The molecular formula is C31H30F2N5Na2O7P. The van der Waals surface area contributed by atoms with Crippen molar-refractivity contribution in [2.45, 2.75) is 31.7 Å². The monoisotopic (exact) mass is 699 g/mol. The Morgan fingerprint density at radius 1 is 1.02 bits per heavy atom. The summed E-state index contributed by atoms with van der Waals surface area (Å²) in [6.45, 7) is 3.36. The Hall–Kier alpha value is -2.62. The van der Waals surface area contributed by atoms with Crippen molar-refractivity contribution in [1.29, 1.82) is 0 Å². The number of rotatable bonds is 10. The van der Waals surface area contributed by atoms with E-state index in [1.807, 2.05) is 30.3 Å². The molecular weight excluding hydrogens is 669 g/mol. The molecule has 2 aliphatic rings. The Balaban J connectivity index is 0.00000312. The van der Waals surface area contributed by atoms with Gasteiger partial charge in [-0.3, -0.25) is 9.59 Å². The molecule has 3 aromatic carbocycles. The van der Waals surface area contributed by atoms with E-state index in [1.165, 1.54) is 56.2 Å². The summed E-state index contributed by atoms with van der Waals surface area (Å²) < 4.78 is 43.8. The van der Waals surface area contributed by atoms with Crippen molar-refractivity contribution in [3.63, 3.8) is 0 Å². The fourth-order valence-corrected chi connectivity index (χ4v) is 5.97. The smallest absolute Gasteiger partial charge is 0.780 e. The van der Waals surface area contributed by atoms with Gasteiger partial charge in [0.25, 0.3) is 0 Å². The number of nitrogens with zero attached hydrogens (tertiary/aromatic N) is 4. The number of hydrazine groups is 1. The normalized spacial score (nSPS) is 18.0. The third-order valence-electron chi connectivity index (χ3n) is 7.61. The Kier molecular flexibility index (Phi) is 14.4. The molecule has 3 aromatic rings. The van der Waals surface area contributed by atoms with E-state index in [9.17, 15) is 37.5 Å². The van der Waals surface area contributed by atoms with Crippen molar-refractivity contribution in [2.75, 3.05) is 19.6 Å². The Morgan fingerprint density at radius 3 is 2.33 bits per heavy atom. The van der Waals surface area contributed by atoms with Crippen LogP contribution in [0.5, 0.6) is 5.75 Å². The molecule has 0 aromatic heterocycles. The van der Waals surface area contributed by atoms with E-state index in [1.54, 1.807) is 0 Å². The van der Waals surface area contributed by atoms with Gasteiger partial charge >= 0.3 is 65.1 Å². The maximum Gasteiger partial charge on any atom is 1.00 e. The van der Waals surface area contributed by atoms with Crippen molar-refractivity contribution in [3.05, 3.63) is 114 Å². The third kappa shape index (κ3) is 9.75. The number of amides is 4. The van der Waals surface area contributed by atoms with Crippen LogP contribution in [-0.4, -0.2) is 69.5 Å². The number of benzene rings is 3. The van der Waals surface area contributed by atoms with E-state index in [4.69, 9.17) is 0 Å². The first-order valence-corrected chi connectivity index (χ1v) is 15.7. The van der Waals surface area contributed by atoms with E-state index in [-0.39, 0.29) is 110 Å². The number of hydrogen-bond donors (Lipinski definition) is 1. The molecule has 1 N–H and O–H groups in total. The zero-order valence-corrected chi connectivity index (χ0v) is 31.4. The van der Waals surface area contributed by atoms with Gasteiger partial charge in [0.2, 0.25) is 11.8 Å². The fourth-order valence-electron chi connectivity index (χ4n) is 5.59. The summed E-state index contributed by atoms with van der Waals surface area (Å²) in [7, 11) is -5.30. The summed E-state index contributed by atoms with van der Waals surface area (Å²) in [4.78, 5) is 66.1. The predicted octanol–water partition coefficient (Wildman–Crippen LogP) is -4.08. The Labute approximate surface area is 320 Å². The van der Waals surface area contributed by atoms with Gasteiger partial charge in [-0.1, -0.05) is 54.6 Å². The van der Waals surface area contributed by atoms with E-state index < -0.39 is 49.5 Å². The Bertz CT molecular complexity index is 1670. The van der Waals surface area contributed by atoms with Crippen LogP contribution in [0.3, 0.4) is 0 Å². The summed E-state index contributed by atoms with van der Waals surface area (Å²) in [5.74, 6) is -2.86. The topological polar surface area (TPSA) is 149 Å². The molecule has 48 heavy (non-hydrogen) atoms. The summed E-state index contributed by atoms with van der Waals surface area (Å²) in [5, 5.41) is 5.73. The van der Waals surface area contributed by atoms with Gasteiger partial charge in [0.15, 0.2) is 0 Å². The van der Waals surface area contributed by atoms with Gasteiger partial charge < -0.3 is 34.0 Å². The second-order valence-corrected chi connectivity index (χ2v) is 11.8. The van der Waals surface area contributed by atoms with Crippen LogP contribution in [0.15, 0.2) is 85.5 Å². The second kappa shape index (κ2) is 17.3. The zero-order chi connectivity index (χ0) is 33.0. The summed E-state index contributed by atoms with van der Waals surface area (Å²) in [5.41, 5.74) is 1.35. The molecule has 0 bridgehead atoms. The SMILES string of the molecule is C=CCN1CC(=O)N2[C@@H](Cc3ccc(OP(=O)([O-])[O-])cc3)C(=O)N(Cc3ccc(F)cc3F)C[C@@H]2N1C(=O)NCc1ccccc1.[Na+].[Na+]. The third-order valence-corrected chi connectivity index (χ3v) is 8.04. The van der Waals surface area contributed by atoms with Gasteiger partial charge in [0, 0.05) is 37.7 Å². The first kappa shape index (κ1) is 39.8. The standard InChI is InChI=1S/C31H32F2N5O7P.2Na/c1-2-14-36-20-29(39)37-27(15-21-8-12-25(13-9-21)45-46(42,43)44)30(40)35(18-23-10-11-24(32)16-26(23)33)19-28(37)38(36)31(41)34-17-22-6-4-3-5-7-22;;/h2-13,16,27-28H,1,14-15,17-20H2,(H,34,41)(H2,42,43,44);;/q;2*+1/p-2/t27-,28-;;/m0../s1. The molecule has 2 saturated heterocycles. The van der Waals surface area contributed by atoms with Crippen molar-refractivity contribution in [2.24, 2.45) is 0 Å². The largest absolute Gasteiger partial charge is 1.00 e. The molecule has 2 atom stereocenters. The minimum atomic E-state index is -5.30.